The summed E-state index contributed by atoms with van der Waals surface area (Å²) in [6, 6.07) is 3.52. The summed E-state index contributed by atoms with van der Waals surface area (Å²) in [7, 11) is 0. The molecular weight excluding hydrogens is 302 g/mol. The molecule has 1 N–H and O–H groups in total. The van der Waals surface area contributed by atoms with Crippen molar-refractivity contribution in [1.29, 1.82) is 0 Å². The van der Waals surface area contributed by atoms with E-state index in [-0.39, 0.29) is 17.7 Å². The van der Waals surface area contributed by atoms with Gasteiger partial charge in [0.25, 0.3) is 5.91 Å². The topological polar surface area (TPSA) is 75.4 Å². The largest absolute Gasteiger partial charge is 0.360 e. The van der Waals surface area contributed by atoms with Gasteiger partial charge in [-0.2, -0.15) is 11.3 Å². The molecule has 0 bridgehead atoms. The maximum atomic E-state index is 12.2. The Morgan fingerprint density at radius 2 is 2.18 bits per heavy atom. The fraction of sp³-hybridized carbons (Fsp3) is 0.400. The number of amides is 2. The summed E-state index contributed by atoms with van der Waals surface area (Å²) in [6.45, 7) is 2.98. The zero-order valence-electron chi connectivity index (χ0n) is 12.2. The molecule has 0 spiro atoms. The highest BCUT2D eigenvalue weighted by atomic mass is 32.1. The Morgan fingerprint density at radius 3 is 2.77 bits per heavy atom. The lowest BCUT2D eigenvalue weighted by Crippen LogP contribution is -2.41. The SMILES string of the molecule is Cc1cc(NC(=O)C2CCN(C(=O)c3ccsc3)CC2)no1. The number of aromatic nitrogens is 1. The monoisotopic (exact) mass is 319 g/mol. The lowest BCUT2D eigenvalue weighted by molar-refractivity contribution is -0.121. The summed E-state index contributed by atoms with van der Waals surface area (Å²) in [5.41, 5.74) is 0.728. The number of nitrogens with zero attached hydrogens (tertiary/aromatic N) is 2. The number of piperidine rings is 1. The number of hydrogen-bond acceptors (Lipinski definition) is 5. The molecule has 3 rings (SSSR count). The quantitative estimate of drug-likeness (QED) is 0.943. The van der Waals surface area contributed by atoms with Gasteiger partial charge in [-0.1, -0.05) is 5.16 Å². The van der Waals surface area contributed by atoms with E-state index in [1.807, 2.05) is 21.7 Å². The standard InChI is InChI=1S/C15H17N3O3S/c1-10-8-13(17-21-10)16-14(19)11-2-5-18(6-3-11)15(20)12-4-7-22-9-12/h4,7-9,11H,2-3,5-6H2,1H3,(H,16,17,19). The maximum absolute atomic E-state index is 12.2. The average Bonchev–Trinajstić information content (AvgIpc) is 3.18. The van der Waals surface area contributed by atoms with Crippen LogP contribution in [-0.2, 0) is 4.79 Å². The van der Waals surface area contributed by atoms with Gasteiger partial charge in [-0.15, -0.1) is 0 Å². The molecule has 2 aromatic heterocycles. The van der Waals surface area contributed by atoms with Crippen molar-refractivity contribution in [3.8, 4) is 0 Å². The average molecular weight is 319 g/mol. The predicted molar refractivity (Wildman–Crippen MR) is 82.8 cm³/mol. The van der Waals surface area contributed by atoms with Crippen LogP contribution in [0.3, 0.4) is 0 Å². The van der Waals surface area contributed by atoms with E-state index in [4.69, 9.17) is 4.52 Å². The van der Waals surface area contributed by atoms with Gasteiger partial charge in [0.15, 0.2) is 5.82 Å². The summed E-state index contributed by atoms with van der Waals surface area (Å²) in [4.78, 5) is 26.2. The first kappa shape index (κ1) is 14.8. The summed E-state index contributed by atoms with van der Waals surface area (Å²) < 4.78 is 4.93. The van der Waals surface area contributed by atoms with E-state index >= 15 is 0 Å². The molecule has 1 aliphatic rings. The fourth-order valence-electron chi connectivity index (χ4n) is 2.57. The molecule has 2 aromatic rings. The first-order chi connectivity index (χ1) is 10.6. The molecule has 6 nitrogen and oxygen atoms in total. The molecular formula is C15H17N3O3S. The number of nitrogens with one attached hydrogen (secondary N) is 1. The molecule has 22 heavy (non-hydrogen) atoms. The molecule has 1 saturated heterocycles. The third kappa shape index (κ3) is 3.19. The number of rotatable bonds is 3. The van der Waals surface area contributed by atoms with E-state index in [9.17, 15) is 9.59 Å². The second-order valence-electron chi connectivity index (χ2n) is 5.39. The minimum Gasteiger partial charge on any atom is -0.360 e. The number of thiophene rings is 1. The van der Waals surface area contributed by atoms with E-state index in [1.54, 1.807) is 13.0 Å². The third-order valence-corrected chi connectivity index (χ3v) is 4.48. The Bertz CT molecular complexity index is 657. The molecule has 0 saturated carbocycles. The molecule has 7 heteroatoms. The third-order valence-electron chi connectivity index (χ3n) is 3.80. The molecule has 3 heterocycles. The highest BCUT2D eigenvalue weighted by molar-refractivity contribution is 7.08. The van der Waals surface area contributed by atoms with Crippen LogP contribution in [0.15, 0.2) is 27.4 Å². The van der Waals surface area contributed by atoms with Crippen molar-refractivity contribution in [3.63, 3.8) is 0 Å². The van der Waals surface area contributed by atoms with Crippen LogP contribution in [0.5, 0.6) is 0 Å². The van der Waals surface area contributed by atoms with Gasteiger partial charge >= 0.3 is 0 Å². The molecule has 0 aromatic carbocycles. The van der Waals surface area contributed by atoms with Crippen molar-refractivity contribution in [1.82, 2.24) is 10.1 Å². The van der Waals surface area contributed by atoms with Gasteiger partial charge in [0, 0.05) is 30.5 Å². The molecule has 0 aliphatic carbocycles. The zero-order chi connectivity index (χ0) is 15.5. The van der Waals surface area contributed by atoms with Crippen LogP contribution < -0.4 is 5.32 Å². The second-order valence-corrected chi connectivity index (χ2v) is 6.17. The summed E-state index contributed by atoms with van der Waals surface area (Å²) in [5.74, 6) is 0.998. The van der Waals surface area contributed by atoms with Crippen molar-refractivity contribution in [3.05, 3.63) is 34.2 Å². The molecule has 0 radical (unpaired) electrons. The van der Waals surface area contributed by atoms with Gasteiger partial charge in [0.1, 0.15) is 5.76 Å². The number of aryl methyl sites for hydroxylation is 1. The lowest BCUT2D eigenvalue weighted by Gasteiger charge is -2.31. The molecule has 116 valence electrons. The first-order valence-electron chi connectivity index (χ1n) is 7.19. The molecule has 1 fully saturated rings. The molecule has 0 atom stereocenters. The zero-order valence-corrected chi connectivity index (χ0v) is 13.1. The minimum absolute atomic E-state index is 0.0484. The maximum Gasteiger partial charge on any atom is 0.254 e. The number of hydrogen-bond donors (Lipinski definition) is 1. The van der Waals surface area contributed by atoms with Gasteiger partial charge < -0.3 is 14.7 Å². The molecule has 0 unspecified atom stereocenters. The van der Waals surface area contributed by atoms with Crippen molar-refractivity contribution >= 4 is 29.0 Å². The van der Waals surface area contributed by atoms with E-state index in [2.05, 4.69) is 10.5 Å². The van der Waals surface area contributed by atoms with E-state index in [1.165, 1.54) is 11.3 Å². The van der Waals surface area contributed by atoms with Crippen LogP contribution in [0.25, 0.3) is 0 Å². The Labute approximate surface area is 132 Å². The Kier molecular flexibility index (Phi) is 4.24. The summed E-state index contributed by atoms with van der Waals surface area (Å²) in [5, 5.41) is 10.3. The minimum atomic E-state index is -0.0940. The van der Waals surface area contributed by atoms with Crippen molar-refractivity contribution in [2.45, 2.75) is 19.8 Å². The van der Waals surface area contributed by atoms with E-state index in [0.717, 1.165) is 5.56 Å². The van der Waals surface area contributed by atoms with Crippen molar-refractivity contribution in [2.75, 3.05) is 18.4 Å². The Morgan fingerprint density at radius 1 is 1.41 bits per heavy atom. The Balaban J connectivity index is 1.53. The fourth-order valence-corrected chi connectivity index (χ4v) is 3.20. The lowest BCUT2D eigenvalue weighted by atomic mass is 9.95. The van der Waals surface area contributed by atoms with Gasteiger partial charge in [0.05, 0.1) is 5.56 Å². The number of anilines is 1. The van der Waals surface area contributed by atoms with Crippen LogP contribution in [0, 0.1) is 12.8 Å². The van der Waals surface area contributed by atoms with Crippen molar-refractivity contribution < 1.29 is 14.1 Å². The summed E-state index contributed by atoms with van der Waals surface area (Å²) >= 11 is 1.51. The molecule has 1 aliphatic heterocycles. The van der Waals surface area contributed by atoms with Crippen LogP contribution in [0.2, 0.25) is 0 Å². The number of carbonyl (C=O) groups excluding carboxylic acids is 2. The van der Waals surface area contributed by atoms with E-state index < -0.39 is 0 Å². The Hall–Kier alpha value is -2.15. The van der Waals surface area contributed by atoms with Gasteiger partial charge in [0.2, 0.25) is 5.91 Å². The van der Waals surface area contributed by atoms with E-state index in [0.29, 0.717) is 37.5 Å². The second kappa shape index (κ2) is 6.31. The van der Waals surface area contributed by atoms with Gasteiger partial charge in [-0.3, -0.25) is 9.59 Å². The smallest absolute Gasteiger partial charge is 0.254 e. The number of carbonyl (C=O) groups is 2. The normalized spacial score (nSPS) is 15.8. The number of likely N-dealkylation sites (tertiary alicyclic amines) is 1. The predicted octanol–water partition coefficient (Wildman–Crippen LogP) is 2.54. The van der Waals surface area contributed by atoms with Crippen LogP contribution in [0.1, 0.15) is 29.0 Å². The summed E-state index contributed by atoms with van der Waals surface area (Å²) in [6.07, 6.45) is 1.33. The highest BCUT2D eigenvalue weighted by Crippen LogP contribution is 2.21. The molecule has 2 amide bonds. The first-order valence-corrected chi connectivity index (χ1v) is 8.13. The van der Waals surface area contributed by atoms with Crippen LogP contribution in [-0.4, -0.2) is 35.0 Å². The van der Waals surface area contributed by atoms with Crippen molar-refractivity contribution in [2.24, 2.45) is 5.92 Å². The van der Waals surface area contributed by atoms with Gasteiger partial charge in [-0.05, 0) is 31.2 Å². The highest BCUT2D eigenvalue weighted by Gasteiger charge is 2.28. The van der Waals surface area contributed by atoms with Crippen LogP contribution >= 0.6 is 11.3 Å². The van der Waals surface area contributed by atoms with Crippen LogP contribution in [0.4, 0.5) is 5.82 Å². The van der Waals surface area contributed by atoms with Gasteiger partial charge in [-0.25, -0.2) is 0 Å².